The van der Waals surface area contributed by atoms with Crippen LogP contribution in [0.3, 0.4) is 0 Å². The van der Waals surface area contributed by atoms with Crippen LogP contribution in [0.25, 0.3) is 0 Å². The number of benzene rings is 2. The van der Waals surface area contributed by atoms with Gasteiger partial charge in [0, 0.05) is 15.6 Å². The molecule has 0 saturated carbocycles. The third-order valence-corrected chi connectivity index (χ3v) is 3.33. The number of hydrogen-bond donors (Lipinski definition) is 1. The topological polar surface area (TPSA) is 35.2 Å². The van der Waals surface area contributed by atoms with Crippen molar-refractivity contribution in [3.63, 3.8) is 0 Å². The molecule has 0 saturated heterocycles. The maximum atomic E-state index is 6.10. The summed E-state index contributed by atoms with van der Waals surface area (Å²) in [6.45, 7) is 1.05. The van der Waals surface area contributed by atoms with Crippen molar-refractivity contribution in [3.05, 3.63) is 63.6 Å². The fourth-order valence-corrected chi connectivity index (χ4v) is 2.22. The molecule has 100 valence electrons. The van der Waals surface area contributed by atoms with Gasteiger partial charge in [0.2, 0.25) is 0 Å². The van der Waals surface area contributed by atoms with Crippen molar-refractivity contribution in [2.45, 2.75) is 13.0 Å². The van der Waals surface area contributed by atoms with Crippen molar-refractivity contribution in [3.8, 4) is 5.75 Å². The molecule has 0 amide bonds. The van der Waals surface area contributed by atoms with Crippen molar-refractivity contribution >= 4 is 23.2 Å². The monoisotopic (exact) mass is 295 g/mol. The highest BCUT2D eigenvalue weighted by atomic mass is 35.5. The van der Waals surface area contributed by atoms with Gasteiger partial charge >= 0.3 is 0 Å². The first-order valence-electron chi connectivity index (χ1n) is 6.05. The van der Waals surface area contributed by atoms with E-state index in [0.717, 1.165) is 17.7 Å². The van der Waals surface area contributed by atoms with Crippen molar-refractivity contribution < 1.29 is 4.74 Å². The van der Waals surface area contributed by atoms with Gasteiger partial charge in [-0.15, -0.1) is 0 Å². The fraction of sp³-hybridized carbons (Fsp3) is 0.200. The largest absolute Gasteiger partial charge is 0.489 e. The van der Waals surface area contributed by atoms with Crippen molar-refractivity contribution in [2.24, 2.45) is 5.73 Å². The molecule has 0 fully saturated rings. The van der Waals surface area contributed by atoms with Gasteiger partial charge in [0.15, 0.2) is 0 Å². The van der Waals surface area contributed by atoms with Crippen LogP contribution in [0.2, 0.25) is 10.0 Å². The normalized spacial score (nSPS) is 10.5. The summed E-state index contributed by atoms with van der Waals surface area (Å²) in [5.74, 6) is 0.817. The van der Waals surface area contributed by atoms with Crippen LogP contribution in [0.1, 0.15) is 11.1 Å². The first kappa shape index (κ1) is 14.2. The molecule has 2 N–H and O–H groups in total. The van der Waals surface area contributed by atoms with E-state index in [0.29, 0.717) is 23.2 Å². The van der Waals surface area contributed by atoms with E-state index >= 15 is 0 Å². The van der Waals surface area contributed by atoms with Crippen LogP contribution in [0.15, 0.2) is 42.5 Å². The smallest absolute Gasteiger partial charge is 0.120 e. The summed E-state index contributed by atoms with van der Waals surface area (Å²) in [6, 6.07) is 13.3. The number of halogens is 2. The van der Waals surface area contributed by atoms with Crippen molar-refractivity contribution in [2.75, 3.05) is 6.54 Å². The maximum absolute atomic E-state index is 6.10. The van der Waals surface area contributed by atoms with Crippen LogP contribution in [0.5, 0.6) is 5.75 Å². The SMILES string of the molecule is NCCc1cccc(OCc2ccc(Cl)cc2Cl)c1. The molecule has 0 aliphatic heterocycles. The average molecular weight is 296 g/mol. The zero-order valence-electron chi connectivity index (χ0n) is 10.4. The standard InChI is InChI=1S/C15H15Cl2NO/c16-13-5-4-12(15(17)9-13)10-19-14-3-1-2-11(8-14)6-7-18/h1-5,8-9H,6-7,10,18H2. The molecule has 2 aromatic carbocycles. The average Bonchev–Trinajstić information content (AvgIpc) is 2.38. The Kier molecular flexibility index (Phi) is 5.08. The molecule has 0 spiro atoms. The molecule has 0 aliphatic rings. The molecule has 0 heterocycles. The van der Waals surface area contributed by atoms with Crippen LogP contribution in [0.4, 0.5) is 0 Å². The van der Waals surface area contributed by atoms with Gasteiger partial charge in [-0.05, 0) is 42.8 Å². The lowest BCUT2D eigenvalue weighted by atomic mass is 10.1. The highest BCUT2D eigenvalue weighted by molar-refractivity contribution is 6.35. The predicted molar refractivity (Wildman–Crippen MR) is 80.0 cm³/mol. The summed E-state index contributed by atoms with van der Waals surface area (Å²) in [7, 11) is 0. The van der Waals surface area contributed by atoms with Crippen LogP contribution in [0, 0.1) is 0 Å². The van der Waals surface area contributed by atoms with Gasteiger partial charge in [-0.1, -0.05) is 41.4 Å². The second-order valence-electron chi connectivity index (χ2n) is 4.21. The van der Waals surface area contributed by atoms with Crippen LogP contribution in [-0.2, 0) is 13.0 Å². The molecular weight excluding hydrogens is 281 g/mol. The lowest BCUT2D eigenvalue weighted by Crippen LogP contribution is -2.03. The van der Waals surface area contributed by atoms with E-state index in [-0.39, 0.29) is 0 Å². The Labute approximate surface area is 123 Å². The van der Waals surface area contributed by atoms with Gasteiger partial charge in [0.25, 0.3) is 0 Å². The second kappa shape index (κ2) is 6.80. The molecule has 2 nitrogen and oxygen atoms in total. The van der Waals surface area contributed by atoms with Crippen molar-refractivity contribution in [1.29, 1.82) is 0 Å². The van der Waals surface area contributed by atoms with E-state index in [2.05, 4.69) is 0 Å². The zero-order chi connectivity index (χ0) is 13.7. The van der Waals surface area contributed by atoms with Gasteiger partial charge < -0.3 is 10.5 Å². The third kappa shape index (κ3) is 4.13. The van der Waals surface area contributed by atoms with Crippen LogP contribution >= 0.6 is 23.2 Å². The molecule has 0 aliphatic carbocycles. The van der Waals surface area contributed by atoms with Crippen molar-refractivity contribution in [1.82, 2.24) is 0 Å². The summed E-state index contributed by atoms with van der Waals surface area (Å²) in [5.41, 5.74) is 7.62. The summed E-state index contributed by atoms with van der Waals surface area (Å²) >= 11 is 11.9. The summed E-state index contributed by atoms with van der Waals surface area (Å²) in [6.07, 6.45) is 0.846. The quantitative estimate of drug-likeness (QED) is 0.902. The second-order valence-corrected chi connectivity index (χ2v) is 5.05. The van der Waals surface area contributed by atoms with E-state index in [1.807, 2.05) is 30.3 Å². The number of rotatable bonds is 5. The highest BCUT2D eigenvalue weighted by Crippen LogP contribution is 2.23. The molecule has 2 rings (SSSR count). The Morgan fingerprint density at radius 3 is 2.63 bits per heavy atom. The predicted octanol–water partition coefficient (Wildman–Crippen LogP) is 4.07. The fourth-order valence-electron chi connectivity index (χ4n) is 1.76. The first-order valence-corrected chi connectivity index (χ1v) is 6.80. The minimum absolute atomic E-state index is 0.419. The van der Waals surface area contributed by atoms with Gasteiger partial charge in [-0.2, -0.15) is 0 Å². The summed E-state index contributed by atoms with van der Waals surface area (Å²) in [5, 5.41) is 1.24. The molecule has 0 radical (unpaired) electrons. The van der Waals surface area contributed by atoms with E-state index in [4.69, 9.17) is 33.7 Å². The van der Waals surface area contributed by atoms with E-state index in [1.165, 1.54) is 5.56 Å². The maximum Gasteiger partial charge on any atom is 0.120 e. The molecule has 4 heteroatoms. The van der Waals surface area contributed by atoms with Crippen LogP contribution in [-0.4, -0.2) is 6.54 Å². The molecular formula is C15H15Cl2NO. The highest BCUT2D eigenvalue weighted by Gasteiger charge is 2.03. The van der Waals surface area contributed by atoms with Gasteiger partial charge in [-0.3, -0.25) is 0 Å². The minimum Gasteiger partial charge on any atom is -0.489 e. The Hall–Kier alpha value is -1.22. The van der Waals surface area contributed by atoms with Crippen LogP contribution < -0.4 is 10.5 Å². The van der Waals surface area contributed by atoms with Gasteiger partial charge in [0.05, 0.1) is 0 Å². The summed E-state index contributed by atoms with van der Waals surface area (Å²) < 4.78 is 5.73. The minimum atomic E-state index is 0.419. The third-order valence-electron chi connectivity index (χ3n) is 2.74. The summed E-state index contributed by atoms with van der Waals surface area (Å²) in [4.78, 5) is 0. The molecule has 0 unspecified atom stereocenters. The zero-order valence-corrected chi connectivity index (χ0v) is 11.9. The lowest BCUT2D eigenvalue weighted by Gasteiger charge is -2.09. The van der Waals surface area contributed by atoms with E-state index < -0.39 is 0 Å². The Morgan fingerprint density at radius 1 is 1.05 bits per heavy atom. The molecule has 0 atom stereocenters. The van der Waals surface area contributed by atoms with Gasteiger partial charge in [0.1, 0.15) is 12.4 Å². The number of nitrogens with two attached hydrogens (primary N) is 1. The number of hydrogen-bond acceptors (Lipinski definition) is 2. The van der Waals surface area contributed by atoms with E-state index in [9.17, 15) is 0 Å². The Morgan fingerprint density at radius 2 is 1.89 bits per heavy atom. The first-order chi connectivity index (χ1) is 9.19. The van der Waals surface area contributed by atoms with E-state index in [1.54, 1.807) is 12.1 Å². The van der Waals surface area contributed by atoms with Gasteiger partial charge in [-0.25, -0.2) is 0 Å². The Balaban J connectivity index is 2.03. The number of ether oxygens (including phenoxy) is 1. The Bertz CT molecular complexity index is 558. The lowest BCUT2D eigenvalue weighted by molar-refractivity contribution is 0.306. The molecule has 19 heavy (non-hydrogen) atoms. The molecule has 2 aromatic rings. The molecule has 0 bridgehead atoms. The molecule has 0 aromatic heterocycles.